The first-order valence-electron chi connectivity index (χ1n) is 10.4. The van der Waals surface area contributed by atoms with Crippen LogP contribution in [0.2, 0.25) is 0 Å². The van der Waals surface area contributed by atoms with Crippen LogP contribution in [-0.2, 0) is 11.3 Å². The zero-order valence-corrected chi connectivity index (χ0v) is 20.5. The first-order chi connectivity index (χ1) is 16.5. The number of nitrogens with one attached hydrogen (secondary N) is 1. The van der Waals surface area contributed by atoms with E-state index in [2.05, 4.69) is 20.7 Å². The van der Waals surface area contributed by atoms with Gasteiger partial charge < -0.3 is 23.5 Å². The van der Waals surface area contributed by atoms with Crippen molar-refractivity contribution in [3.8, 4) is 34.4 Å². The van der Waals surface area contributed by atoms with Gasteiger partial charge in [0.05, 0.1) is 46.0 Å². The van der Waals surface area contributed by atoms with Gasteiger partial charge in [-0.15, -0.1) is 10.2 Å². The fraction of sp³-hybridized carbons (Fsp3) is 0.304. The minimum Gasteiger partial charge on any atom is -0.497 e. The molecule has 0 aliphatic carbocycles. The van der Waals surface area contributed by atoms with Gasteiger partial charge in [0.15, 0.2) is 11.0 Å². The predicted molar refractivity (Wildman–Crippen MR) is 130 cm³/mol. The third-order valence-corrected chi connectivity index (χ3v) is 5.82. The van der Waals surface area contributed by atoms with Crippen molar-refractivity contribution >= 4 is 23.9 Å². The van der Waals surface area contributed by atoms with Crippen LogP contribution >= 0.6 is 11.8 Å². The maximum Gasteiger partial charge on any atom is 0.250 e. The standard InChI is InChI=1S/C23H27N5O5S/c1-6-28-22(15-7-9-16(30-2)10-8-15)26-27-23(28)34-14-21(29)25-24-13-18-19(32-4)11-17(31-3)12-20(18)33-5/h7-13H,6,14H2,1-5H3,(H,25,29)/b24-13+. The van der Waals surface area contributed by atoms with E-state index in [0.717, 1.165) is 17.1 Å². The van der Waals surface area contributed by atoms with Crippen molar-refractivity contribution in [3.63, 3.8) is 0 Å². The first-order valence-corrected chi connectivity index (χ1v) is 11.3. The molecule has 0 saturated heterocycles. The quantitative estimate of drug-likeness (QED) is 0.250. The molecule has 3 aromatic rings. The average Bonchev–Trinajstić information content (AvgIpc) is 3.30. The zero-order chi connectivity index (χ0) is 24.5. The molecule has 1 aromatic heterocycles. The van der Waals surface area contributed by atoms with E-state index in [0.29, 0.717) is 34.5 Å². The van der Waals surface area contributed by atoms with Crippen LogP contribution in [0.5, 0.6) is 23.0 Å². The lowest BCUT2D eigenvalue weighted by Crippen LogP contribution is -2.20. The van der Waals surface area contributed by atoms with Gasteiger partial charge in [0, 0.05) is 24.2 Å². The highest BCUT2D eigenvalue weighted by Crippen LogP contribution is 2.32. The third kappa shape index (κ3) is 5.79. The minimum atomic E-state index is -0.288. The van der Waals surface area contributed by atoms with Crippen molar-refractivity contribution in [1.29, 1.82) is 0 Å². The Hall–Kier alpha value is -3.73. The van der Waals surface area contributed by atoms with Gasteiger partial charge in [0.2, 0.25) is 0 Å². The highest BCUT2D eigenvalue weighted by Gasteiger charge is 2.15. The van der Waals surface area contributed by atoms with Gasteiger partial charge in [-0.1, -0.05) is 11.8 Å². The fourth-order valence-electron chi connectivity index (χ4n) is 3.13. The zero-order valence-electron chi connectivity index (χ0n) is 19.7. The Morgan fingerprint density at radius 3 is 2.21 bits per heavy atom. The van der Waals surface area contributed by atoms with Crippen LogP contribution in [0.25, 0.3) is 11.4 Å². The summed E-state index contributed by atoms with van der Waals surface area (Å²) in [4.78, 5) is 12.4. The molecule has 0 aliphatic heterocycles. The number of carbonyl (C=O) groups is 1. The van der Waals surface area contributed by atoms with Crippen molar-refractivity contribution in [2.45, 2.75) is 18.6 Å². The summed E-state index contributed by atoms with van der Waals surface area (Å²) in [5.41, 5.74) is 4.01. The number of carbonyl (C=O) groups excluding carboxylic acids is 1. The van der Waals surface area contributed by atoms with E-state index in [1.54, 1.807) is 26.4 Å². The molecule has 0 unspecified atom stereocenters. The van der Waals surface area contributed by atoms with Crippen molar-refractivity contribution in [1.82, 2.24) is 20.2 Å². The van der Waals surface area contributed by atoms with E-state index in [1.807, 2.05) is 35.8 Å². The molecule has 2 aromatic carbocycles. The second-order valence-corrected chi connectivity index (χ2v) is 7.75. The first kappa shape index (κ1) is 24.9. The van der Waals surface area contributed by atoms with Gasteiger partial charge in [-0.2, -0.15) is 5.10 Å². The summed E-state index contributed by atoms with van der Waals surface area (Å²) < 4.78 is 23.1. The summed E-state index contributed by atoms with van der Waals surface area (Å²) in [6.07, 6.45) is 1.47. The summed E-state index contributed by atoms with van der Waals surface area (Å²) >= 11 is 1.28. The molecule has 0 fully saturated rings. The molecule has 3 rings (SSSR count). The number of thioether (sulfide) groups is 1. The molecule has 0 bridgehead atoms. The molecular formula is C23H27N5O5S. The number of hydrazone groups is 1. The van der Waals surface area contributed by atoms with Gasteiger partial charge in [-0.05, 0) is 31.2 Å². The Balaban J connectivity index is 1.65. The minimum absolute atomic E-state index is 0.120. The number of nitrogens with zero attached hydrogens (tertiary/aromatic N) is 4. The molecule has 0 radical (unpaired) electrons. The predicted octanol–water partition coefficient (Wildman–Crippen LogP) is 3.24. The van der Waals surface area contributed by atoms with E-state index in [9.17, 15) is 4.79 Å². The number of ether oxygens (including phenoxy) is 4. The van der Waals surface area contributed by atoms with Gasteiger partial charge in [0.25, 0.3) is 5.91 Å². The molecule has 34 heavy (non-hydrogen) atoms. The molecule has 0 atom stereocenters. The van der Waals surface area contributed by atoms with Crippen molar-refractivity contribution < 1.29 is 23.7 Å². The van der Waals surface area contributed by atoms with E-state index in [-0.39, 0.29) is 11.7 Å². The van der Waals surface area contributed by atoms with E-state index in [1.165, 1.54) is 32.2 Å². The molecule has 1 amide bonds. The van der Waals surface area contributed by atoms with Crippen molar-refractivity contribution in [3.05, 3.63) is 42.0 Å². The number of aromatic nitrogens is 3. The van der Waals surface area contributed by atoms with Crippen molar-refractivity contribution in [2.75, 3.05) is 34.2 Å². The molecule has 10 nitrogen and oxygen atoms in total. The maximum atomic E-state index is 12.4. The smallest absolute Gasteiger partial charge is 0.250 e. The summed E-state index contributed by atoms with van der Waals surface area (Å²) in [7, 11) is 6.24. The summed E-state index contributed by atoms with van der Waals surface area (Å²) in [5, 5.41) is 13.2. The van der Waals surface area contributed by atoms with Crippen LogP contribution in [0, 0.1) is 0 Å². The Labute approximate surface area is 202 Å². The van der Waals surface area contributed by atoms with Crippen molar-refractivity contribution in [2.24, 2.45) is 5.10 Å². The number of methoxy groups -OCH3 is 4. The SMILES string of the molecule is CCn1c(SCC(=O)N/N=C/c2c(OC)cc(OC)cc2OC)nnc1-c1ccc(OC)cc1. The molecule has 180 valence electrons. The van der Waals surface area contributed by atoms with Crippen LogP contribution in [0.1, 0.15) is 12.5 Å². The Kier molecular flexibility index (Phi) is 8.74. The lowest BCUT2D eigenvalue weighted by molar-refractivity contribution is -0.118. The highest BCUT2D eigenvalue weighted by molar-refractivity contribution is 7.99. The van der Waals surface area contributed by atoms with Crippen LogP contribution in [0.3, 0.4) is 0 Å². The van der Waals surface area contributed by atoms with E-state index in [4.69, 9.17) is 18.9 Å². The number of benzene rings is 2. The summed E-state index contributed by atoms with van der Waals surface area (Å²) in [5.74, 6) is 2.92. The fourth-order valence-corrected chi connectivity index (χ4v) is 3.92. The lowest BCUT2D eigenvalue weighted by Gasteiger charge is -2.12. The molecule has 0 spiro atoms. The molecule has 11 heteroatoms. The Morgan fingerprint density at radius 1 is 1.00 bits per heavy atom. The maximum absolute atomic E-state index is 12.4. The molecule has 0 saturated carbocycles. The number of hydrogen-bond acceptors (Lipinski definition) is 9. The highest BCUT2D eigenvalue weighted by atomic mass is 32.2. The number of rotatable bonds is 11. The summed E-state index contributed by atoms with van der Waals surface area (Å²) in [6, 6.07) is 11.0. The molecule has 1 N–H and O–H groups in total. The van der Waals surface area contributed by atoms with Gasteiger partial charge in [0.1, 0.15) is 23.0 Å². The van der Waals surface area contributed by atoms with E-state index >= 15 is 0 Å². The second-order valence-electron chi connectivity index (χ2n) is 6.81. The lowest BCUT2D eigenvalue weighted by atomic mass is 10.2. The Morgan fingerprint density at radius 2 is 1.65 bits per heavy atom. The number of hydrogen-bond donors (Lipinski definition) is 1. The summed E-state index contributed by atoms with van der Waals surface area (Å²) in [6.45, 7) is 2.66. The monoisotopic (exact) mass is 485 g/mol. The average molecular weight is 486 g/mol. The molecule has 1 heterocycles. The van der Waals surface area contributed by atoms with Crippen LogP contribution in [-0.4, -0.2) is 61.1 Å². The normalized spacial score (nSPS) is 10.9. The largest absolute Gasteiger partial charge is 0.497 e. The second kappa shape index (κ2) is 11.9. The van der Waals surface area contributed by atoms with Gasteiger partial charge in [-0.3, -0.25) is 4.79 Å². The van der Waals surface area contributed by atoms with Gasteiger partial charge >= 0.3 is 0 Å². The molecule has 0 aliphatic rings. The third-order valence-electron chi connectivity index (χ3n) is 4.85. The van der Waals surface area contributed by atoms with E-state index < -0.39 is 0 Å². The van der Waals surface area contributed by atoms with Crippen LogP contribution < -0.4 is 24.4 Å². The van der Waals surface area contributed by atoms with Crippen LogP contribution in [0.4, 0.5) is 0 Å². The number of amides is 1. The Bertz CT molecular complexity index is 1120. The molecular weight excluding hydrogens is 458 g/mol. The van der Waals surface area contributed by atoms with Gasteiger partial charge in [-0.25, -0.2) is 5.43 Å². The topological polar surface area (TPSA) is 109 Å². The van der Waals surface area contributed by atoms with Crippen LogP contribution in [0.15, 0.2) is 46.7 Å².